The first-order valence-corrected chi connectivity index (χ1v) is 3.93. The van der Waals surface area contributed by atoms with Crippen LogP contribution in [0.25, 0.3) is 0 Å². The van der Waals surface area contributed by atoms with E-state index in [1.54, 1.807) is 0 Å². The van der Waals surface area contributed by atoms with E-state index in [0.717, 1.165) is 6.07 Å². The predicted molar refractivity (Wildman–Crippen MR) is 43.6 cm³/mol. The van der Waals surface area contributed by atoms with Crippen LogP contribution in [0.15, 0.2) is 6.07 Å². The number of aldehydes is 1. The van der Waals surface area contributed by atoms with E-state index in [9.17, 15) is 14.4 Å². The van der Waals surface area contributed by atoms with Gasteiger partial charge in [0.15, 0.2) is 6.29 Å². The van der Waals surface area contributed by atoms with E-state index in [1.165, 1.54) is 0 Å². The first-order valence-electron chi connectivity index (χ1n) is 3.12. The van der Waals surface area contributed by atoms with Crippen LogP contribution in [-0.4, -0.2) is 28.4 Å². The maximum Gasteiger partial charge on any atom is 0.346 e. The molecule has 0 aliphatic heterocycles. The molecule has 0 saturated carbocycles. The number of thiophene rings is 1. The number of aromatic carboxylic acids is 2. The first-order chi connectivity index (χ1) is 6.06. The fourth-order valence-electron chi connectivity index (χ4n) is 0.786. The Morgan fingerprint density at radius 3 is 2.23 bits per heavy atom. The standard InChI is InChI=1S/C7H4O5S/c8-2-3-1-4(6(9)10)5(13-3)7(11)12/h1-2H,(H,9,10)(H,11,12). The van der Waals surface area contributed by atoms with E-state index in [0.29, 0.717) is 17.6 Å². The van der Waals surface area contributed by atoms with Crippen molar-refractivity contribution in [2.75, 3.05) is 0 Å². The van der Waals surface area contributed by atoms with Gasteiger partial charge in [0, 0.05) is 0 Å². The second kappa shape index (κ2) is 3.36. The average Bonchev–Trinajstić information content (AvgIpc) is 2.47. The van der Waals surface area contributed by atoms with Gasteiger partial charge in [-0.15, -0.1) is 11.3 Å². The largest absolute Gasteiger partial charge is 0.478 e. The third-order valence-corrected chi connectivity index (χ3v) is 2.34. The van der Waals surface area contributed by atoms with Gasteiger partial charge in [-0.05, 0) is 6.07 Å². The van der Waals surface area contributed by atoms with Gasteiger partial charge in [0.1, 0.15) is 4.88 Å². The number of carbonyl (C=O) groups is 3. The zero-order chi connectivity index (χ0) is 10.0. The molecule has 2 N–H and O–H groups in total. The Morgan fingerprint density at radius 2 is 1.92 bits per heavy atom. The van der Waals surface area contributed by atoms with E-state index in [4.69, 9.17) is 10.2 Å². The minimum absolute atomic E-state index is 0.0924. The molecule has 1 aromatic heterocycles. The fraction of sp³-hybridized carbons (Fsp3) is 0. The van der Waals surface area contributed by atoms with Crippen LogP contribution in [0.3, 0.4) is 0 Å². The van der Waals surface area contributed by atoms with E-state index in [2.05, 4.69) is 0 Å². The Hall–Kier alpha value is -1.69. The molecule has 0 aliphatic rings. The topological polar surface area (TPSA) is 91.7 Å². The van der Waals surface area contributed by atoms with Gasteiger partial charge in [0.05, 0.1) is 10.4 Å². The van der Waals surface area contributed by atoms with Crippen molar-refractivity contribution in [1.29, 1.82) is 0 Å². The van der Waals surface area contributed by atoms with Gasteiger partial charge >= 0.3 is 11.9 Å². The number of hydrogen-bond acceptors (Lipinski definition) is 4. The van der Waals surface area contributed by atoms with Gasteiger partial charge in [0.2, 0.25) is 0 Å². The van der Waals surface area contributed by atoms with Crippen LogP contribution in [0.4, 0.5) is 0 Å². The number of carboxylic acid groups (broad SMARTS) is 2. The van der Waals surface area contributed by atoms with Crippen LogP contribution in [0, 0.1) is 0 Å². The molecule has 0 unspecified atom stereocenters. The highest BCUT2D eigenvalue weighted by Gasteiger charge is 2.19. The Labute approximate surface area is 76.2 Å². The molecule has 1 rings (SSSR count). The molecule has 1 aromatic rings. The summed E-state index contributed by atoms with van der Waals surface area (Å²) >= 11 is 0.647. The highest BCUT2D eigenvalue weighted by atomic mass is 32.1. The molecule has 0 aromatic carbocycles. The van der Waals surface area contributed by atoms with Crippen molar-refractivity contribution in [3.8, 4) is 0 Å². The van der Waals surface area contributed by atoms with Crippen LogP contribution in [0.5, 0.6) is 0 Å². The lowest BCUT2D eigenvalue weighted by Gasteiger charge is -1.89. The molecule has 0 radical (unpaired) electrons. The Balaban J connectivity index is 3.31. The van der Waals surface area contributed by atoms with Crippen molar-refractivity contribution in [2.24, 2.45) is 0 Å². The van der Waals surface area contributed by atoms with Crippen molar-refractivity contribution in [2.45, 2.75) is 0 Å². The number of carbonyl (C=O) groups excluding carboxylic acids is 1. The second-order valence-corrected chi connectivity index (χ2v) is 3.20. The molecule has 0 spiro atoms. The Bertz CT molecular complexity index is 347. The number of carboxylic acids is 2. The fourth-order valence-corrected chi connectivity index (χ4v) is 1.59. The van der Waals surface area contributed by atoms with Crippen molar-refractivity contribution in [3.05, 3.63) is 21.4 Å². The average molecular weight is 200 g/mol. The van der Waals surface area contributed by atoms with Crippen LogP contribution < -0.4 is 0 Å². The highest BCUT2D eigenvalue weighted by molar-refractivity contribution is 7.15. The third-order valence-electron chi connectivity index (χ3n) is 1.29. The monoisotopic (exact) mass is 200 g/mol. The molecule has 0 aliphatic carbocycles. The minimum atomic E-state index is -1.35. The zero-order valence-corrected chi connectivity index (χ0v) is 7.00. The maximum atomic E-state index is 10.5. The highest BCUT2D eigenvalue weighted by Crippen LogP contribution is 2.21. The molecule has 0 amide bonds. The maximum absolute atomic E-state index is 10.5. The molecule has 0 fully saturated rings. The van der Waals surface area contributed by atoms with Crippen molar-refractivity contribution in [1.82, 2.24) is 0 Å². The molecule has 6 heteroatoms. The van der Waals surface area contributed by atoms with Gasteiger partial charge in [-0.3, -0.25) is 4.79 Å². The molecule has 0 saturated heterocycles. The molecule has 68 valence electrons. The van der Waals surface area contributed by atoms with Gasteiger partial charge in [0.25, 0.3) is 0 Å². The van der Waals surface area contributed by atoms with Crippen molar-refractivity contribution in [3.63, 3.8) is 0 Å². The van der Waals surface area contributed by atoms with Crippen LogP contribution >= 0.6 is 11.3 Å². The SMILES string of the molecule is O=Cc1cc(C(=O)O)c(C(=O)O)s1. The van der Waals surface area contributed by atoms with Crippen molar-refractivity contribution >= 4 is 29.6 Å². The summed E-state index contributed by atoms with van der Waals surface area (Å²) in [7, 11) is 0. The van der Waals surface area contributed by atoms with Crippen LogP contribution in [0.1, 0.15) is 29.7 Å². The van der Waals surface area contributed by atoms with E-state index < -0.39 is 11.9 Å². The van der Waals surface area contributed by atoms with Crippen molar-refractivity contribution < 1.29 is 24.6 Å². The van der Waals surface area contributed by atoms with E-state index in [1.807, 2.05) is 0 Å². The van der Waals surface area contributed by atoms with Crippen LogP contribution in [-0.2, 0) is 0 Å². The molecule has 13 heavy (non-hydrogen) atoms. The summed E-state index contributed by atoms with van der Waals surface area (Å²) in [6.07, 6.45) is 0.420. The summed E-state index contributed by atoms with van der Waals surface area (Å²) in [5, 5.41) is 17.1. The van der Waals surface area contributed by atoms with Gasteiger partial charge in [-0.1, -0.05) is 0 Å². The second-order valence-electron chi connectivity index (χ2n) is 2.12. The number of hydrogen-bond donors (Lipinski definition) is 2. The smallest absolute Gasteiger partial charge is 0.346 e. The summed E-state index contributed by atoms with van der Waals surface area (Å²) < 4.78 is 0. The molecule has 1 heterocycles. The summed E-state index contributed by atoms with van der Waals surface area (Å²) in [5.74, 6) is -2.68. The summed E-state index contributed by atoms with van der Waals surface area (Å²) in [5.41, 5.74) is -0.348. The molecular formula is C7H4O5S. The third kappa shape index (κ3) is 1.73. The van der Waals surface area contributed by atoms with Gasteiger partial charge in [-0.25, -0.2) is 9.59 Å². The first kappa shape index (κ1) is 9.40. The summed E-state index contributed by atoms with van der Waals surface area (Å²) in [6.45, 7) is 0. The Kier molecular flexibility index (Phi) is 2.43. The molecule has 0 bridgehead atoms. The van der Waals surface area contributed by atoms with E-state index >= 15 is 0 Å². The zero-order valence-electron chi connectivity index (χ0n) is 6.18. The van der Waals surface area contributed by atoms with E-state index in [-0.39, 0.29) is 15.3 Å². The normalized spacial score (nSPS) is 9.54. The van der Waals surface area contributed by atoms with Gasteiger partial charge < -0.3 is 10.2 Å². The lowest BCUT2D eigenvalue weighted by molar-refractivity contribution is 0.0656. The minimum Gasteiger partial charge on any atom is -0.478 e. The number of rotatable bonds is 3. The predicted octanol–water partition coefficient (Wildman–Crippen LogP) is 0.957. The lowest BCUT2D eigenvalue weighted by Crippen LogP contribution is -2.03. The molecular weight excluding hydrogens is 196 g/mol. The molecule has 0 atom stereocenters. The summed E-state index contributed by atoms with van der Waals surface area (Å²) in [6, 6.07) is 1.05. The molecule has 5 nitrogen and oxygen atoms in total. The van der Waals surface area contributed by atoms with Crippen LogP contribution in [0.2, 0.25) is 0 Å². The summed E-state index contributed by atoms with van der Waals surface area (Å²) in [4.78, 5) is 31.0. The lowest BCUT2D eigenvalue weighted by atomic mass is 10.2. The quantitative estimate of drug-likeness (QED) is 0.709. The van der Waals surface area contributed by atoms with Gasteiger partial charge in [-0.2, -0.15) is 0 Å². The Morgan fingerprint density at radius 1 is 1.31 bits per heavy atom.